The first-order valence-electron chi connectivity index (χ1n) is 12.9. The number of piperazine rings is 1. The second-order valence-electron chi connectivity index (χ2n) is 9.02. The van der Waals surface area contributed by atoms with Gasteiger partial charge in [0.1, 0.15) is 5.75 Å². The molecule has 2 aromatic carbocycles. The van der Waals surface area contributed by atoms with Gasteiger partial charge in [-0.15, -0.1) is 0 Å². The van der Waals surface area contributed by atoms with Crippen molar-refractivity contribution in [1.29, 1.82) is 0 Å². The number of hydrogen-bond acceptors (Lipinski definition) is 5. The number of aromatic nitrogens is 2. The summed E-state index contributed by atoms with van der Waals surface area (Å²) < 4.78 is 5.52. The summed E-state index contributed by atoms with van der Waals surface area (Å²) in [5.41, 5.74) is 3.85. The standard InChI is InChI=1S/C29H35N7OS/c1-4-37-26-14-12-25(13-15-26)32-29(38)34-28(33-27-30-22(2)21-23(3)31-27)36-19-17-35(18-20-36)16-8-11-24-9-6-5-7-10-24/h5-15,21H,4,16-20H2,1-3H3,(H2,30,31,32,33,34,38)/b11-8+. The summed E-state index contributed by atoms with van der Waals surface area (Å²) in [5, 5.41) is 6.88. The Hall–Kier alpha value is -3.82. The molecule has 1 aliphatic rings. The Balaban J connectivity index is 1.42. The Kier molecular flexibility index (Phi) is 9.77. The Morgan fingerprint density at radius 2 is 1.66 bits per heavy atom. The van der Waals surface area contributed by atoms with Crippen LogP contribution in [0.15, 0.2) is 71.7 Å². The van der Waals surface area contributed by atoms with Gasteiger partial charge in [0.05, 0.1) is 6.61 Å². The Morgan fingerprint density at radius 1 is 0.974 bits per heavy atom. The highest BCUT2D eigenvalue weighted by molar-refractivity contribution is 7.80. The zero-order valence-electron chi connectivity index (χ0n) is 22.2. The fourth-order valence-corrected chi connectivity index (χ4v) is 4.36. The van der Waals surface area contributed by atoms with Gasteiger partial charge in [-0.05, 0) is 68.9 Å². The molecule has 2 N–H and O–H groups in total. The molecule has 0 aliphatic carbocycles. The first-order chi connectivity index (χ1) is 18.5. The summed E-state index contributed by atoms with van der Waals surface area (Å²) in [4.78, 5) is 18.5. The average molecular weight is 530 g/mol. The molecule has 1 fully saturated rings. The lowest BCUT2D eigenvalue weighted by Crippen LogP contribution is -2.51. The number of anilines is 2. The molecule has 9 heteroatoms. The first kappa shape index (κ1) is 27.2. The molecular weight excluding hydrogens is 494 g/mol. The van der Waals surface area contributed by atoms with Gasteiger partial charge < -0.3 is 15.0 Å². The lowest BCUT2D eigenvalue weighted by Gasteiger charge is -2.35. The first-order valence-corrected chi connectivity index (χ1v) is 13.3. The van der Waals surface area contributed by atoms with Crippen LogP contribution in [-0.2, 0) is 0 Å². The van der Waals surface area contributed by atoms with Crippen LogP contribution < -0.4 is 15.4 Å². The summed E-state index contributed by atoms with van der Waals surface area (Å²) in [5.74, 6) is 1.97. The highest BCUT2D eigenvalue weighted by Crippen LogP contribution is 2.16. The summed E-state index contributed by atoms with van der Waals surface area (Å²) >= 11 is 5.60. The lowest BCUT2D eigenvalue weighted by atomic mass is 10.2. The minimum absolute atomic E-state index is 0.356. The van der Waals surface area contributed by atoms with E-state index in [1.807, 2.05) is 57.2 Å². The molecule has 0 unspecified atom stereocenters. The maximum Gasteiger partial charge on any atom is 0.229 e. The van der Waals surface area contributed by atoms with Gasteiger partial charge in [-0.25, -0.2) is 9.97 Å². The normalized spacial score (nSPS) is 14.5. The van der Waals surface area contributed by atoms with Crippen LogP contribution in [0.2, 0.25) is 0 Å². The van der Waals surface area contributed by atoms with Gasteiger partial charge in [0.25, 0.3) is 0 Å². The number of nitrogens with zero attached hydrogens (tertiary/aromatic N) is 5. The van der Waals surface area contributed by atoms with Crippen LogP contribution in [0.5, 0.6) is 5.75 Å². The monoisotopic (exact) mass is 529 g/mol. The number of hydrogen-bond donors (Lipinski definition) is 2. The predicted octanol–water partition coefficient (Wildman–Crippen LogP) is 4.99. The molecule has 0 spiro atoms. The molecule has 38 heavy (non-hydrogen) atoms. The number of nitrogens with one attached hydrogen (secondary N) is 2. The third-order valence-electron chi connectivity index (χ3n) is 5.98. The van der Waals surface area contributed by atoms with Gasteiger partial charge >= 0.3 is 0 Å². The number of ether oxygens (including phenoxy) is 1. The number of aryl methyl sites for hydroxylation is 2. The van der Waals surface area contributed by atoms with Crippen molar-refractivity contribution in [1.82, 2.24) is 19.8 Å². The van der Waals surface area contributed by atoms with Crippen molar-refractivity contribution in [3.8, 4) is 5.75 Å². The van der Waals surface area contributed by atoms with Crippen LogP contribution in [0.4, 0.5) is 11.6 Å². The van der Waals surface area contributed by atoms with Gasteiger partial charge in [0.2, 0.25) is 17.0 Å². The van der Waals surface area contributed by atoms with E-state index in [1.54, 1.807) is 0 Å². The van der Waals surface area contributed by atoms with Crippen LogP contribution in [0.1, 0.15) is 23.9 Å². The third-order valence-corrected chi connectivity index (χ3v) is 6.17. The largest absolute Gasteiger partial charge is 0.494 e. The van der Waals surface area contributed by atoms with E-state index in [9.17, 15) is 0 Å². The quantitative estimate of drug-likeness (QED) is 0.252. The highest BCUT2D eigenvalue weighted by atomic mass is 32.1. The molecule has 1 saturated heterocycles. The van der Waals surface area contributed by atoms with Crippen LogP contribution in [0.25, 0.3) is 6.08 Å². The van der Waals surface area contributed by atoms with Gasteiger partial charge in [-0.2, -0.15) is 4.99 Å². The zero-order chi connectivity index (χ0) is 26.7. The Labute approximate surface area is 230 Å². The van der Waals surface area contributed by atoms with E-state index in [0.717, 1.165) is 55.5 Å². The highest BCUT2D eigenvalue weighted by Gasteiger charge is 2.21. The second kappa shape index (κ2) is 13.6. The number of guanidine groups is 1. The van der Waals surface area contributed by atoms with Crippen molar-refractivity contribution in [3.63, 3.8) is 0 Å². The van der Waals surface area contributed by atoms with Crippen LogP contribution in [0, 0.1) is 13.8 Å². The van der Waals surface area contributed by atoms with Crippen LogP contribution in [-0.4, -0.2) is 70.2 Å². The number of aliphatic imine (C=N–C) groups is 1. The molecular formula is C29H35N7OS. The molecule has 0 saturated carbocycles. The fraction of sp³-hybridized carbons (Fsp3) is 0.310. The fourth-order valence-electron chi connectivity index (χ4n) is 4.15. The van der Waals surface area contributed by atoms with Crippen molar-refractivity contribution in [2.24, 2.45) is 4.99 Å². The predicted molar refractivity (Wildman–Crippen MR) is 160 cm³/mol. The molecule has 8 nitrogen and oxygen atoms in total. The molecule has 198 valence electrons. The molecule has 1 aliphatic heterocycles. The van der Waals surface area contributed by atoms with Crippen molar-refractivity contribution >= 4 is 41.0 Å². The lowest BCUT2D eigenvalue weighted by molar-refractivity contribution is 0.198. The molecule has 4 rings (SSSR count). The summed E-state index contributed by atoms with van der Waals surface area (Å²) in [6.07, 6.45) is 4.39. The van der Waals surface area contributed by atoms with Gasteiger partial charge in [-0.1, -0.05) is 42.5 Å². The smallest absolute Gasteiger partial charge is 0.229 e. The molecule has 0 bridgehead atoms. The van der Waals surface area contributed by atoms with Crippen molar-refractivity contribution in [2.75, 3.05) is 50.0 Å². The van der Waals surface area contributed by atoms with Crippen molar-refractivity contribution in [3.05, 3.63) is 83.7 Å². The minimum atomic E-state index is 0.356. The topological polar surface area (TPSA) is 77.9 Å². The van der Waals surface area contributed by atoms with Gasteiger partial charge in [0, 0.05) is 49.8 Å². The zero-order valence-corrected chi connectivity index (χ0v) is 23.0. The van der Waals surface area contributed by atoms with Crippen LogP contribution in [0.3, 0.4) is 0 Å². The van der Waals surface area contributed by atoms with E-state index in [1.165, 1.54) is 5.56 Å². The summed E-state index contributed by atoms with van der Waals surface area (Å²) in [7, 11) is 0. The van der Waals surface area contributed by atoms with Crippen LogP contribution >= 0.6 is 12.2 Å². The SMILES string of the molecule is CCOc1ccc(NC(=S)/N=C(/Nc2nc(C)cc(C)n2)N2CCN(C/C=C/c3ccccc3)CC2)cc1. The number of rotatable bonds is 7. The maximum atomic E-state index is 5.60. The van der Waals surface area contributed by atoms with E-state index in [2.05, 4.69) is 66.8 Å². The molecule has 0 amide bonds. The third kappa shape index (κ3) is 8.36. The average Bonchev–Trinajstić information content (AvgIpc) is 2.90. The minimum Gasteiger partial charge on any atom is -0.494 e. The van der Waals surface area contributed by atoms with Gasteiger partial charge in [-0.3, -0.25) is 10.2 Å². The number of benzene rings is 2. The molecule has 0 radical (unpaired) electrons. The molecule has 0 atom stereocenters. The molecule has 2 heterocycles. The van der Waals surface area contributed by atoms with E-state index in [0.29, 0.717) is 23.6 Å². The second-order valence-corrected chi connectivity index (χ2v) is 9.41. The maximum absolute atomic E-state index is 5.60. The Bertz CT molecular complexity index is 1230. The van der Waals surface area contributed by atoms with E-state index in [4.69, 9.17) is 21.9 Å². The Morgan fingerprint density at radius 3 is 2.32 bits per heavy atom. The number of thiocarbonyl (C=S) groups is 1. The van der Waals surface area contributed by atoms with Gasteiger partial charge in [0.15, 0.2) is 0 Å². The van der Waals surface area contributed by atoms with E-state index >= 15 is 0 Å². The summed E-state index contributed by atoms with van der Waals surface area (Å²) in [6.45, 7) is 10.8. The summed E-state index contributed by atoms with van der Waals surface area (Å²) in [6, 6.07) is 20.0. The van der Waals surface area contributed by atoms with Crippen molar-refractivity contribution in [2.45, 2.75) is 20.8 Å². The van der Waals surface area contributed by atoms with E-state index in [-0.39, 0.29) is 0 Å². The molecule has 1 aromatic heterocycles. The molecule has 3 aromatic rings. The van der Waals surface area contributed by atoms with E-state index < -0.39 is 0 Å². The van der Waals surface area contributed by atoms with Crippen molar-refractivity contribution < 1.29 is 4.74 Å².